The first kappa shape index (κ1) is 15.5. The fraction of sp³-hybridized carbons (Fsp3) is 0.133. The summed E-state index contributed by atoms with van der Waals surface area (Å²) >= 11 is 12.0. The van der Waals surface area contributed by atoms with Crippen molar-refractivity contribution in [1.82, 2.24) is 0 Å². The third-order valence-corrected chi connectivity index (χ3v) is 3.67. The molecular weight excluding hydrogens is 311 g/mol. The second kappa shape index (κ2) is 6.70. The number of hydrogen-bond acceptors (Lipinski definition) is 3. The molecule has 0 saturated carbocycles. The molecule has 6 heteroatoms. The molecule has 0 amide bonds. The maximum absolute atomic E-state index is 7.55. The van der Waals surface area contributed by atoms with Crippen molar-refractivity contribution in [2.24, 2.45) is 5.73 Å². The number of methoxy groups -OCH3 is 1. The van der Waals surface area contributed by atoms with Crippen LogP contribution in [0, 0.1) is 5.41 Å². The summed E-state index contributed by atoms with van der Waals surface area (Å²) in [6.45, 7) is 0.282. The van der Waals surface area contributed by atoms with Crippen LogP contribution in [0.5, 0.6) is 11.5 Å². The lowest BCUT2D eigenvalue weighted by Gasteiger charge is -2.12. The number of nitrogen functional groups attached to an aromatic ring is 1. The first-order valence-corrected chi connectivity index (χ1v) is 6.86. The zero-order valence-corrected chi connectivity index (χ0v) is 12.8. The van der Waals surface area contributed by atoms with E-state index in [4.69, 9.17) is 43.8 Å². The highest BCUT2D eigenvalue weighted by Crippen LogP contribution is 2.32. The number of ether oxygens (including phenoxy) is 2. The Bertz CT molecular complexity index is 675. The molecular formula is C15H14Cl2N2O2. The van der Waals surface area contributed by atoms with Crippen LogP contribution in [0.15, 0.2) is 36.4 Å². The Labute approximate surface area is 132 Å². The highest BCUT2D eigenvalue weighted by atomic mass is 35.5. The van der Waals surface area contributed by atoms with E-state index in [1.54, 1.807) is 30.3 Å². The zero-order valence-electron chi connectivity index (χ0n) is 11.3. The standard InChI is InChI=1S/C15H14Cl2N2O2/c1-20-12-6-5-9(7-10(12)15(18)19)8-21-13-4-2-3-11(16)14(13)17/h2-7H,8H2,1H3,(H3,18,19). The van der Waals surface area contributed by atoms with Crippen LogP contribution in [0.2, 0.25) is 10.0 Å². The van der Waals surface area contributed by atoms with Crippen LogP contribution in [0.1, 0.15) is 11.1 Å². The van der Waals surface area contributed by atoms with Crippen LogP contribution in [0.4, 0.5) is 0 Å². The maximum Gasteiger partial charge on any atom is 0.139 e. The van der Waals surface area contributed by atoms with Gasteiger partial charge in [-0.3, -0.25) is 5.41 Å². The Hall–Kier alpha value is -1.91. The highest BCUT2D eigenvalue weighted by molar-refractivity contribution is 6.42. The van der Waals surface area contributed by atoms with E-state index in [1.165, 1.54) is 7.11 Å². The molecule has 4 nitrogen and oxygen atoms in total. The van der Waals surface area contributed by atoms with E-state index >= 15 is 0 Å². The van der Waals surface area contributed by atoms with Crippen molar-refractivity contribution in [3.63, 3.8) is 0 Å². The number of hydrogen-bond donors (Lipinski definition) is 2. The predicted octanol–water partition coefficient (Wildman–Crippen LogP) is 3.87. The van der Waals surface area contributed by atoms with Crippen molar-refractivity contribution >= 4 is 29.0 Å². The van der Waals surface area contributed by atoms with Gasteiger partial charge in [-0.1, -0.05) is 35.3 Å². The molecule has 0 aliphatic heterocycles. The van der Waals surface area contributed by atoms with Crippen molar-refractivity contribution in [3.8, 4) is 11.5 Å². The molecule has 0 heterocycles. The van der Waals surface area contributed by atoms with Crippen molar-refractivity contribution in [1.29, 1.82) is 5.41 Å². The minimum Gasteiger partial charge on any atom is -0.496 e. The summed E-state index contributed by atoms with van der Waals surface area (Å²) in [5.41, 5.74) is 6.90. The van der Waals surface area contributed by atoms with Crippen molar-refractivity contribution in [2.75, 3.05) is 7.11 Å². The molecule has 2 rings (SSSR count). The quantitative estimate of drug-likeness (QED) is 0.648. The van der Waals surface area contributed by atoms with Gasteiger partial charge in [0, 0.05) is 0 Å². The van der Waals surface area contributed by atoms with Gasteiger partial charge in [0.05, 0.1) is 17.7 Å². The largest absolute Gasteiger partial charge is 0.496 e. The average Bonchev–Trinajstić information content (AvgIpc) is 2.48. The van der Waals surface area contributed by atoms with E-state index < -0.39 is 0 Å². The van der Waals surface area contributed by atoms with Crippen LogP contribution in [0.3, 0.4) is 0 Å². The van der Waals surface area contributed by atoms with E-state index in [2.05, 4.69) is 0 Å². The van der Waals surface area contributed by atoms with Gasteiger partial charge in [-0.25, -0.2) is 0 Å². The summed E-state index contributed by atoms with van der Waals surface area (Å²) in [6, 6.07) is 10.5. The molecule has 110 valence electrons. The van der Waals surface area contributed by atoms with Gasteiger partial charge in [0.1, 0.15) is 29.0 Å². The molecule has 0 aliphatic rings. The molecule has 0 bridgehead atoms. The van der Waals surface area contributed by atoms with Gasteiger partial charge in [0.25, 0.3) is 0 Å². The number of benzene rings is 2. The summed E-state index contributed by atoms with van der Waals surface area (Å²) in [4.78, 5) is 0. The van der Waals surface area contributed by atoms with Gasteiger partial charge in [-0.15, -0.1) is 0 Å². The lowest BCUT2D eigenvalue weighted by Crippen LogP contribution is -2.13. The number of nitrogens with two attached hydrogens (primary N) is 1. The Morgan fingerprint density at radius 3 is 2.62 bits per heavy atom. The van der Waals surface area contributed by atoms with Gasteiger partial charge in [-0.05, 0) is 29.8 Å². The van der Waals surface area contributed by atoms with Crippen molar-refractivity contribution < 1.29 is 9.47 Å². The summed E-state index contributed by atoms with van der Waals surface area (Å²) in [6.07, 6.45) is 0. The smallest absolute Gasteiger partial charge is 0.139 e. The number of halogens is 2. The topological polar surface area (TPSA) is 68.3 Å². The Morgan fingerprint density at radius 1 is 1.19 bits per heavy atom. The van der Waals surface area contributed by atoms with E-state index in [1.807, 2.05) is 6.07 Å². The number of nitrogens with one attached hydrogen (secondary N) is 1. The maximum atomic E-state index is 7.55. The lowest BCUT2D eigenvalue weighted by molar-refractivity contribution is 0.306. The van der Waals surface area contributed by atoms with Gasteiger partial charge < -0.3 is 15.2 Å². The van der Waals surface area contributed by atoms with Gasteiger partial charge in [0.15, 0.2) is 0 Å². The summed E-state index contributed by atoms with van der Waals surface area (Å²) in [7, 11) is 1.53. The third kappa shape index (κ3) is 3.60. The monoisotopic (exact) mass is 324 g/mol. The Morgan fingerprint density at radius 2 is 1.95 bits per heavy atom. The Kier molecular flexibility index (Phi) is 4.94. The average molecular weight is 325 g/mol. The molecule has 0 saturated heterocycles. The number of amidine groups is 1. The summed E-state index contributed by atoms with van der Waals surface area (Å²) in [5, 5.41) is 8.37. The minimum atomic E-state index is -0.0607. The molecule has 2 aromatic rings. The first-order valence-electron chi connectivity index (χ1n) is 6.11. The fourth-order valence-corrected chi connectivity index (χ4v) is 2.16. The van der Waals surface area contributed by atoms with Crippen LogP contribution >= 0.6 is 23.2 Å². The van der Waals surface area contributed by atoms with Crippen LogP contribution in [-0.4, -0.2) is 12.9 Å². The van der Waals surface area contributed by atoms with Crippen LogP contribution < -0.4 is 15.2 Å². The van der Waals surface area contributed by atoms with E-state index in [0.29, 0.717) is 27.1 Å². The lowest BCUT2D eigenvalue weighted by atomic mass is 10.1. The van der Waals surface area contributed by atoms with Crippen LogP contribution in [-0.2, 0) is 6.61 Å². The zero-order chi connectivity index (χ0) is 15.4. The van der Waals surface area contributed by atoms with Gasteiger partial charge in [-0.2, -0.15) is 0 Å². The van der Waals surface area contributed by atoms with E-state index in [9.17, 15) is 0 Å². The van der Waals surface area contributed by atoms with E-state index in [0.717, 1.165) is 5.56 Å². The fourth-order valence-electron chi connectivity index (χ4n) is 1.81. The normalized spacial score (nSPS) is 10.2. The van der Waals surface area contributed by atoms with E-state index in [-0.39, 0.29) is 12.4 Å². The molecule has 2 aromatic carbocycles. The minimum absolute atomic E-state index is 0.0607. The summed E-state index contributed by atoms with van der Waals surface area (Å²) in [5.74, 6) is 0.992. The molecule has 0 aliphatic carbocycles. The molecule has 0 atom stereocenters. The first-order chi connectivity index (χ1) is 10.0. The second-order valence-corrected chi connectivity index (χ2v) is 5.07. The third-order valence-electron chi connectivity index (χ3n) is 2.86. The molecule has 0 unspecified atom stereocenters. The SMILES string of the molecule is COc1ccc(COc2cccc(Cl)c2Cl)cc1C(=N)N. The van der Waals surface area contributed by atoms with Crippen LogP contribution in [0.25, 0.3) is 0 Å². The van der Waals surface area contributed by atoms with Crippen molar-refractivity contribution in [3.05, 3.63) is 57.6 Å². The van der Waals surface area contributed by atoms with Gasteiger partial charge >= 0.3 is 0 Å². The highest BCUT2D eigenvalue weighted by Gasteiger charge is 2.09. The molecule has 0 radical (unpaired) electrons. The predicted molar refractivity (Wildman–Crippen MR) is 84.8 cm³/mol. The molecule has 21 heavy (non-hydrogen) atoms. The Balaban J connectivity index is 2.19. The molecule has 0 aromatic heterocycles. The molecule has 3 N–H and O–H groups in total. The second-order valence-electron chi connectivity index (χ2n) is 4.29. The van der Waals surface area contributed by atoms with Crippen molar-refractivity contribution in [2.45, 2.75) is 6.61 Å². The number of rotatable bonds is 5. The molecule has 0 spiro atoms. The molecule has 0 fully saturated rings. The van der Waals surface area contributed by atoms with Gasteiger partial charge in [0.2, 0.25) is 0 Å². The summed E-state index contributed by atoms with van der Waals surface area (Å²) < 4.78 is 10.8.